The molecule has 0 saturated heterocycles. The van der Waals surface area contributed by atoms with Crippen molar-refractivity contribution in [2.75, 3.05) is 6.54 Å². The molecule has 0 aliphatic rings. The van der Waals surface area contributed by atoms with Crippen LogP contribution in [0.5, 0.6) is 5.75 Å². The first-order valence-electron chi connectivity index (χ1n) is 6.66. The first-order valence-corrected chi connectivity index (χ1v) is 7.07. The molecule has 1 rings (SSSR count). The van der Waals surface area contributed by atoms with E-state index < -0.39 is 6.61 Å². The molecule has 0 unspecified atom stereocenters. The second-order valence-electron chi connectivity index (χ2n) is 4.32. The fourth-order valence-electron chi connectivity index (χ4n) is 1.49. The largest absolute Gasteiger partial charge is 0.435 e. The van der Waals surface area contributed by atoms with Crippen LogP contribution in [0.25, 0.3) is 0 Å². The highest BCUT2D eigenvalue weighted by Crippen LogP contribution is 2.15. The summed E-state index contributed by atoms with van der Waals surface area (Å²) in [5.74, 6) is 0.117. The molecule has 2 N–H and O–H groups in total. The fraction of sp³-hybridized carbons (Fsp3) is 0.429. The van der Waals surface area contributed by atoms with Crippen LogP contribution < -0.4 is 15.5 Å². The molecule has 0 saturated carbocycles. The van der Waals surface area contributed by atoms with Crippen LogP contribution >= 0.6 is 12.2 Å². The van der Waals surface area contributed by atoms with Crippen molar-refractivity contribution < 1.29 is 13.5 Å². The summed E-state index contributed by atoms with van der Waals surface area (Å²) < 4.78 is 28.4. The molecule has 4 nitrogen and oxygen atoms in total. The van der Waals surface area contributed by atoms with Gasteiger partial charge in [0.1, 0.15) is 5.75 Å². The van der Waals surface area contributed by atoms with Gasteiger partial charge in [0.25, 0.3) is 0 Å². The number of hydrazone groups is 1. The zero-order chi connectivity index (χ0) is 15.7. The Hall–Kier alpha value is -1.76. The van der Waals surface area contributed by atoms with E-state index in [-0.39, 0.29) is 5.75 Å². The standard InChI is InChI=1S/C14H19F2N3OS/c1-3-4-9-17-14(21)19-18-10(2)11-5-7-12(8-6-11)20-13(15)16/h5-8,13H,3-4,9H2,1-2H3,(H2,17,19,21). The summed E-state index contributed by atoms with van der Waals surface area (Å²) in [6.07, 6.45) is 2.13. The summed E-state index contributed by atoms with van der Waals surface area (Å²) in [6.45, 7) is 1.88. The molecule has 0 fully saturated rings. The zero-order valence-electron chi connectivity index (χ0n) is 12.0. The van der Waals surface area contributed by atoms with Crippen molar-refractivity contribution in [3.05, 3.63) is 29.8 Å². The molecule has 1 aromatic carbocycles. The number of nitrogens with one attached hydrogen (secondary N) is 2. The van der Waals surface area contributed by atoms with Gasteiger partial charge >= 0.3 is 6.61 Å². The third-order valence-electron chi connectivity index (χ3n) is 2.64. The van der Waals surface area contributed by atoms with Gasteiger partial charge in [-0.1, -0.05) is 13.3 Å². The van der Waals surface area contributed by atoms with E-state index in [1.807, 2.05) is 0 Å². The van der Waals surface area contributed by atoms with Crippen molar-refractivity contribution in [2.45, 2.75) is 33.3 Å². The molecule has 0 aliphatic carbocycles. The Bertz CT molecular complexity index is 478. The van der Waals surface area contributed by atoms with Crippen molar-refractivity contribution in [2.24, 2.45) is 5.10 Å². The maximum Gasteiger partial charge on any atom is 0.387 e. The third-order valence-corrected chi connectivity index (χ3v) is 2.87. The van der Waals surface area contributed by atoms with E-state index in [0.29, 0.717) is 10.8 Å². The summed E-state index contributed by atoms with van der Waals surface area (Å²) in [6, 6.07) is 6.26. The quantitative estimate of drug-likeness (QED) is 0.351. The molecule has 7 heteroatoms. The van der Waals surface area contributed by atoms with Gasteiger partial charge < -0.3 is 10.1 Å². The van der Waals surface area contributed by atoms with Crippen LogP contribution in [0.1, 0.15) is 32.3 Å². The average molecular weight is 315 g/mol. The molecule has 1 aromatic rings. The second-order valence-corrected chi connectivity index (χ2v) is 4.73. The fourth-order valence-corrected chi connectivity index (χ4v) is 1.64. The Kier molecular flexibility index (Phi) is 7.60. The third kappa shape index (κ3) is 6.99. The number of unbranched alkanes of at least 4 members (excludes halogenated alkanes) is 1. The number of thiocarbonyl (C=S) groups is 1. The average Bonchev–Trinajstić information content (AvgIpc) is 2.45. The molecule has 0 spiro atoms. The molecule has 0 aliphatic heterocycles. The van der Waals surface area contributed by atoms with Gasteiger partial charge in [0, 0.05) is 6.54 Å². The van der Waals surface area contributed by atoms with Crippen LogP contribution in [-0.4, -0.2) is 24.0 Å². The topological polar surface area (TPSA) is 45.7 Å². The first-order chi connectivity index (χ1) is 10.0. The van der Waals surface area contributed by atoms with Crippen LogP contribution in [0.4, 0.5) is 8.78 Å². The summed E-state index contributed by atoms with van der Waals surface area (Å²) in [4.78, 5) is 0. The highest BCUT2D eigenvalue weighted by Gasteiger charge is 2.04. The zero-order valence-corrected chi connectivity index (χ0v) is 12.8. The number of hydrogen-bond donors (Lipinski definition) is 2. The lowest BCUT2D eigenvalue weighted by Crippen LogP contribution is -2.33. The van der Waals surface area contributed by atoms with Crippen LogP contribution in [0, 0.1) is 0 Å². The number of rotatable bonds is 7. The molecule has 0 bridgehead atoms. The molecular weight excluding hydrogens is 296 g/mol. The van der Waals surface area contributed by atoms with Crippen molar-refractivity contribution in [1.29, 1.82) is 0 Å². The molecule has 0 aromatic heterocycles. The number of nitrogens with zero attached hydrogens (tertiary/aromatic N) is 1. The second kappa shape index (κ2) is 9.23. The Morgan fingerprint density at radius 3 is 2.57 bits per heavy atom. The number of alkyl halides is 2. The van der Waals surface area contributed by atoms with Crippen LogP contribution in [0.2, 0.25) is 0 Å². The molecule has 0 amide bonds. The summed E-state index contributed by atoms with van der Waals surface area (Å²) in [5, 5.41) is 7.63. The summed E-state index contributed by atoms with van der Waals surface area (Å²) in [7, 11) is 0. The van der Waals surface area contributed by atoms with Gasteiger partial charge in [-0.05, 0) is 55.4 Å². The molecule has 0 radical (unpaired) electrons. The molecule has 21 heavy (non-hydrogen) atoms. The van der Waals surface area contributed by atoms with E-state index in [2.05, 4.69) is 27.5 Å². The Morgan fingerprint density at radius 1 is 1.33 bits per heavy atom. The normalized spacial score (nSPS) is 11.4. The van der Waals surface area contributed by atoms with Crippen molar-refractivity contribution in [3.8, 4) is 5.75 Å². The number of halogens is 2. The predicted molar refractivity (Wildman–Crippen MR) is 83.9 cm³/mol. The van der Waals surface area contributed by atoms with Gasteiger partial charge in [-0.2, -0.15) is 13.9 Å². The van der Waals surface area contributed by atoms with Crippen molar-refractivity contribution in [3.63, 3.8) is 0 Å². The lowest BCUT2D eigenvalue weighted by molar-refractivity contribution is -0.0498. The van der Waals surface area contributed by atoms with Crippen molar-refractivity contribution >= 4 is 23.0 Å². The minimum Gasteiger partial charge on any atom is -0.435 e. The monoisotopic (exact) mass is 315 g/mol. The van der Waals surface area contributed by atoms with Gasteiger partial charge in [-0.3, -0.25) is 5.43 Å². The molecule has 0 atom stereocenters. The lowest BCUT2D eigenvalue weighted by atomic mass is 10.1. The Labute approximate surface area is 128 Å². The summed E-state index contributed by atoms with van der Waals surface area (Å²) >= 11 is 5.07. The van der Waals surface area contributed by atoms with E-state index in [0.717, 1.165) is 24.9 Å². The molecule has 116 valence electrons. The van der Waals surface area contributed by atoms with Crippen molar-refractivity contribution in [1.82, 2.24) is 10.7 Å². The van der Waals surface area contributed by atoms with E-state index in [9.17, 15) is 8.78 Å². The Morgan fingerprint density at radius 2 is 2.00 bits per heavy atom. The van der Waals surface area contributed by atoms with Gasteiger partial charge in [0.2, 0.25) is 0 Å². The first kappa shape index (κ1) is 17.3. The number of ether oxygens (including phenoxy) is 1. The van der Waals surface area contributed by atoms with E-state index >= 15 is 0 Å². The molecular formula is C14H19F2N3OS. The maximum absolute atomic E-state index is 12.0. The highest BCUT2D eigenvalue weighted by molar-refractivity contribution is 7.80. The van der Waals surface area contributed by atoms with Crippen LogP contribution in [-0.2, 0) is 0 Å². The van der Waals surface area contributed by atoms with E-state index in [1.165, 1.54) is 12.1 Å². The smallest absolute Gasteiger partial charge is 0.387 e. The Balaban J connectivity index is 2.51. The summed E-state index contributed by atoms with van der Waals surface area (Å²) in [5.41, 5.74) is 4.23. The van der Waals surface area contributed by atoms with E-state index in [1.54, 1.807) is 19.1 Å². The predicted octanol–water partition coefficient (Wildman–Crippen LogP) is 3.28. The van der Waals surface area contributed by atoms with Gasteiger partial charge in [-0.15, -0.1) is 0 Å². The minimum absolute atomic E-state index is 0.117. The number of benzene rings is 1. The number of hydrogen-bond acceptors (Lipinski definition) is 3. The van der Waals surface area contributed by atoms with Gasteiger partial charge in [-0.25, -0.2) is 0 Å². The van der Waals surface area contributed by atoms with Gasteiger partial charge in [0.05, 0.1) is 5.71 Å². The minimum atomic E-state index is -2.82. The van der Waals surface area contributed by atoms with Crippen LogP contribution in [0.15, 0.2) is 29.4 Å². The van der Waals surface area contributed by atoms with E-state index in [4.69, 9.17) is 12.2 Å². The van der Waals surface area contributed by atoms with Crippen LogP contribution in [0.3, 0.4) is 0 Å². The molecule has 0 heterocycles. The highest BCUT2D eigenvalue weighted by atomic mass is 32.1. The van der Waals surface area contributed by atoms with Gasteiger partial charge in [0.15, 0.2) is 5.11 Å². The lowest BCUT2D eigenvalue weighted by Gasteiger charge is -2.08. The SMILES string of the molecule is CCCCNC(=S)NN=C(C)c1ccc(OC(F)F)cc1. The maximum atomic E-state index is 12.0.